The minimum absolute atomic E-state index is 0.237. The number of aliphatic carboxylic acids is 1. The number of nitrogens with one attached hydrogen (secondary N) is 3. The van der Waals surface area contributed by atoms with Crippen LogP contribution in [-0.2, 0) is 25.6 Å². The Kier molecular flexibility index (Phi) is 13.0. The zero-order chi connectivity index (χ0) is 25.5. The number of amides is 3. The fraction of sp³-hybridized carbons (Fsp3) is 0.542. The van der Waals surface area contributed by atoms with E-state index in [4.69, 9.17) is 10.8 Å². The van der Waals surface area contributed by atoms with Gasteiger partial charge in [-0.25, -0.2) is 0 Å². The molecule has 0 unspecified atom stereocenters. The van der Waals surface area contributed by atoms with Crippen molar-refractivity contribution in [3.63, 3.8) is 0 Å². The smallest absolute Gasteiger partial charge is 0.325 e. The van der Waals surface area contributed by atoms with Crippen LogP contribution in [-0.4, -0.2) is 59.3 Å². The number of amidine groups is 1. The van der Waals surface area contributed by atoms with Crippen LogP contribution in [0.4, 0.5) is 0 Å². The number of aryl methyl sites for hydroxylation is 1. The number of nitrogens with two attached hydrogens (primary N) is 1. The van der Waals surface area contributed by atoms with E-state index in [-0.39, 0.29) is 12.3 Å². The van der Waals surface area contributed by atoms with E-state index < -0.39 is 35.9 Å². The maximum Gasteiger partial charge on any atom is 0.325 e. The maximum absolute atomic E-state index is 12.6. The summed E-state index contributed by atoms with van der Waals surface area (Å²) < 4.78 is 0. The monoisotopic (exact) mass is 475 g/mol. The second kappa shape index (κ2) is 15.4. The highest BCUT2D eigenvalue weighted by Gasteiger charge is 2.26. The molecular formula is C24H37N5O5. The van der Waals surface area contributed by atoms with Gasteiger partial charge >= 0.3 is 5.97 Å². The quantitative estimate of drug-likeness (QED) is 0.145. The van der Waals surface area contributed by atoms with Crippen LogP contribution in [0, 0.1) is 0 Å². The summed E-state index contributed by atoms with van der Waals surface area (Å²) in [6.45, 7) is 4.88. The number of nitrogens with zero attached hydrogens (tertiary/aromatic N) is 1. The van der Waals surface area contributed by atoms with Gasteiger partial charge in [0.05, 0.1) is 5.84 Å². The summed E-state index contributed by atoms with van der Waals surface area (Å²) in [5, 5.41) is 16.6. The lowest BCUT2D eigenvalue weighted by molar-refractivity contribution is -0.141. The molecule has 0 bridgehead atoms. The fourth-order valence-corrected chi connectivity index (χ4v) is 3.13. The van der Waals surface area contributed by atoms with Gasteiger partial charge in [0.15, 0.2) is 0 Å². The Labute approximate surface area is 200 Å². The Hall–Kier alpha value is -3.43. The van der Waals surface area contributed by atoms with Crippen LogP contribution in [0.2, 0.25) is 0 Å². The SMILES string of the molecule is CC(N)=NCCC[C@H](NC(=O)[C@H](C)NC(=O)CCCCc1ccccc1)C(=O)N[C@@H](C)C(=O)O. The standard InChI is InChI=1S/C24H37N5O5/c1-16(27-21(30)14-8-7-12-19-10-5-4-6-11-19)22(31)29-20(13-9-15-26-18(3)25)23(32)28-17(2)24(33)34/h4-6,10-11,16-17,20H,7-9,12-15H2,1-3H3,(H2,25,26)(H,27,30)(H,28,32)(H,29,31)(H,33,34)/t16-,17-,20-/m0/s1. The number of benzene rings is 1. The van der Waals surface area contributed by atoms with Crippen molar-refractivity contribution >= 4 is 29.5 Å². The average molecular weight is 476 g/mol. The zero-order valence-corrected chi connectivity index (χ0v) is 20.2. The van der Waals surface area contributed by atoms with Crippen molar-refractivity contribution in [3.05, 3.63) is 35.9 Å². The molecule has 0 aliphatic heterocycles. The molecule has 0 aliphatic carbocycles. The fourth-order valence-electron chi connectivity index (χ4n) is 3.13. The van der Waals surface area contributed by atoms with Crippen molar-refractivity contribution in [2.75, 3.05) is 6.54 Å². The van der Waals surface area contributed by atoms with Gasteiger partial charge in [-0.3, -0.25) is 24.2 Å². The second-order valence-electron chi connectivity index (χ2n) is 8.28. The third-order valence-electron chi connectivity index (χ3n) is 5.11. The topological polar surface area (TPSA) is 163 Å². The lowest BCUT2D eigenvalue weighted by atomic mass is 10.1. The van der Waals surface area contributed by atoms with E-state index in [1.807, 2.05) is 30.3 Å². The number of carbonyl (C=O) groups excluding carboxylic acids is 3. The molecule has 0 aliphatic rings. The van der Waals surface area contributed by atoms with Gasteiger partial charge in [0.1, 0.15) is 18.1 Å². The number of rotatable bonds is 15. The first-order valence-electron chi connectivity index (χ1n) is 11.5. The van der Waals surface area contributed by atoms with Crippen molar-refractivity contribution in [3.8, 4) is 0 Å². The van der Waals surface area contributed by atoms with E-state index in [1.165, 1.54) is 19.4 Å². The third kappa shape index (κ3) is 12.0. The van der Waals surface area contributed by atoms with Crippen molar-refractivity contribution in [2.24, 2.45) is 10.7 Å². The number of unbranched alkanes of at least 4 members (excludes halogenated alkanes) is 1. The predicted molar refractivity (Wildman–Crippen MR) is 130 cm³/mol. The molecule has 1 aromatic rings. The van der Waals surface area contributed by atoms with E-state index in [1.54, 1.807) is 6.92 Å². The molecule has 6 N–H and O–H groups in total. The molecular weight excluding hydrogens is 438 g/mol. The molecule has 0 aromatic heterocycles. The van der Waals surface area contributed by atoms with E-state index in [2.05, 4.69) is 20.9 Å². The summed E-state index contributed by atoms with van der Waals surface area (Å²) in [5.74, 6) is -2.17. The second-order valence-corrected chi connectivity index (χ2v) is 8.28. The highest BCUT2D eigenvalue weighted by molar-refractivity contribution is 5.93. The van der Waals surface area contributed by atoms with Crippen LogP contribution in [0.25, 0.3) is 0 Å². The summed E-state index contributed by atoms with van der Waals surface area (Å²) in [4.78, 5) is 52.4. The summed E-state index contributed by atoms with van der Waals surface area (Å²) in [7, 11) is 0. The summed E-state index contributed by atoms with van der Waals surface area (Å²) in [6, 6.07) is 7.07. The van der Waals surface area contributed by atoms with Crippen LogP contribution < -0.4 is 21.7 Å². The van der Waals surface area contributed by atoms with Gasteiger partial charge in [0.25, 0.3) is 0 Å². The molecule has 0 heterocycles. The third-order valence-corrected chi connectivity index (χ3v) is 5.11. The summed E-state index contributed by atoms with van der Waals surface area (Å²) in [5.41, 5.74) is 6.72. The maximum atomic E-state index is 12.6. The van der Waals surface area contributed by atoms with E-state index in [0.717, 1.165) is 12.8 Å². The number of carboxylic acid groups (broad SMARTS) is 1. The molecule has 3 atom stereocenters. The van der Waals surface area contributed by atoms with E-state index in [0.29, 0.717) is 31.6 Å². The van der Waals surface area contributed by atoms with Crippen LogP contribution in [0.5, 0.6) is 0 Å². The largest absolute Gasteiger partial charge is 0.480 e. The summed E-state index contributed by atoms with van der Waals surface area (Å²) in [6.07, 6.45) is 3.41. The number of carboxylic acids is 1. The van der Waals surface area contributed by atoms with Crippen LogP contribution >= 0.6 is 0 Å². The first-order valence-corrected chi connectivity index (χ1v) is 11.5. The number of hydrogen-bond donors (Lipinski definition) is 5. The highest BCUT2D eigenvalue weighted by Crippen LogP contribution is 2.06. The molecule has 188 valence electrons. The molecule has 3 amide bonds. The Balaban J connectivity index is 2.54. The molecule has 0 saturated heterocycles. The molecule has 1 rings (SSSR count). The first-order chi connectivity index (χ1) is 16.1. The minimum Gasteiger partial charge on any atom is -0.480 e. The number of aliphatic imine (C=N–C) groups is 1. The van der Waals surface area contributed by atoms with Gasteiger partial charge in [0, 0.05) is 13.0 Å². The Bertz CT molecular complexity index is 839. The predicted octanol–water partition coefficient (Wildman–Crippen LogP) is 1.14. The van der Waals surface area contributed by atoms with Crippen LogP contribution in [0.15, 0.2) is 35.3 Å². The first kappa shape index (κ1) is 28.6. The highest BCUT2D eigenvalue weighted by atomic mass is 16.4. The lowest BCUT2D eigenvalue weighted by Crippen LogP contribution is -2.54. The van der Waals surface area contributed by atoms with Crippen molar-refractivity contribution in [2.45, 2.75) is 77.4 Å². The molecule has 10 heteroatoms. The zero-order valence-electron chi connectivity index (χ0n) is 20.2. The Morgan fingerprint density at radius 1 is 0.941 bits per heavy atom. The van der Waals surface area contributed by atoms with Crippen molar-refractivity contribution in [1.29, 1.82) is 0 Å². The molecule has 34 heavy (non-hydrogen) atoms. The molecule has 10 nitrogen and oxygen atoms in total. The van der Waals surface area contributed by atoms with Gasteiger partial charge in [-0.15, -0.1) is 0 Å². The van der Waals surface area contributed by atoms with Crippen molar-refractivity contribution in [1.82, 2.24) is 16.0 Å². The normalized spacial score (nSPS) is 13.9. The molecule has 1 aromatic carbocycles. The molecule has 0 radical (unpaired) electrons. The van der Waals surface area contributed by atoms with E-state index in [9.17, 15) is 19.2 Å². The van der Waals surface area contributed by atoms with E-state index >= 15 is 0 Å². The van der Waals surface area contributed by atoms with Crippen molar-refractivity contribution < 1.29 is 24.3 Å². The van der Waals surface area contributed by atoms with Gasteiger partial charge in [0.2, 0.25) is 17.7 Å². The molecule has 0 saturated carbocycles. The number of carbonyl (C=O) groups is 4. The van der Waals surface area contributed by atoms with Gasteiger partial charge < -0.3 is 26.8 Å². The Morgan fingerprint density at radius 3 is 2.24 bits per heavy atom. The summed E-state index contributed by atoms with van der Waals surface area (Å²) >= 11 is 0. The van der Waals surface area contributed by atoms with Crippen LogP contribution in [0.3, 0.4) is 0 Å². The molecule has 0 fully saturated rings. The average Bonchev–Trinajstić information content (AvgIpc) is 2.78. The van der Waals surface area contributed by atoms with Gasteiger partial charge in [-0.1, -0.05) is 30.3 Å². The van der Waals surface area contributed by atoms with Gasteiger partial charge in [-0.05, 0) is 58.4 Å². The number of hydrogen-bond acceptors (Lipinski definition) is 5. The minimum atomic E-state index is -1.19. The molecule has 0 spiro atoms. The Morgan fingerprint density at radius 2 is 1.62 bits per heavy atom. The van der Waals surface area contributed by atoms with Crippen LogP contribution in [0.1, 0.15) is 58.4 Å². The lowest BCUT2D eigenvalue weighted by Gasteiger charge is -2.22. The van der Waals surface area contributed by atoms with Gasteiger partial charge in [-0.2, -0.15) is 0 Å².